The lowest BCUT2D eigenvalue weighted by Crippen LogP contribution is -2.14. The smallest absolute Gasteiger partial charge is 0.281 e. The van der Waals surface area contributed by atoms with Gasteiger partial charge in [0.05, 0.1) is 11.1 Å². The van der Waals surface area contributed by atoms with E-state index in [4.69, 9.17) is 0 Å². The first-order chi connectivity index (χ1) is 14.7. The van der Waals surface area contributed by atoms with E-state index in [1.165, 1.54) is 16.4 Å². The maximum absolute atomic E-state index is 12.9. The summed E-state index contributed by atoms with van der Waals surface area (Å²) in [6.45, 7) is 2.08. The Balaban J connectivity index is 1.70. The third kappa shape index (κ3) is 3.09. The fourth-order valence-electron chi connectivity index (χ4n) is 3.98. The predicted molar refractivity (Wildman–Crippen MR) is 121 cm³/mol. The van der Waals surface area contributed by atoms with Crippen LogP contribution in [0.4, 0.5) is 5.69 Å². The molecule has 1 aromatic carbocycles. The zero-order valence-corrected chi connectivity index (χ0v) is 18.5. The van der Waals surface area contributed by atoms with Gasteiger partial charge < -0.3 is 9.13 Å². The van der Waals surface area contributed by atoms with Gasteiger partial charge in [0.1, 0.15) is 5.65 Å². The van der Waals surface area contributed by atoms with Crippen molar-refractivity contribution in [1.29, 1.82) is 0 Å². The van der Waals surface area contributed by atoms with E-state index in [2.05, 4.69) is 50.6 Å². The summed E-state index contributed by atoms with van der Waals surface area (Å²) in [6.07, 6.45) is 5.18. The van der Waals surface area contributed by atoms with Gasteiger partial charge in [-0.15, -0.1) is 0 Å². The summed E-state index contributed by atoms with van der Waals surface area (Å²) in [4.78, 5) is 4.48. The minimum atomic E-state index is -3.83. The molecule has 158 valence electrons. The van der Waals surface area contributed by atoms with Crippen LogP contribution in [0.5, 0.6) is 0 Å². The summed E-state index contributed by atoms with van der Waals surface area (Å²) in [5.41, 5.74) is 5.35. The van der Waals surface area contributed by atoms with Crippen LogP contribution < -0.4 is 4.72 Å². The van der Waals surface area contributed by atoms with Gasteiger partial charge in [-0.3, -0.25) is 9.40 Å². The van der Waals surface area contributed by atoms with E-state index in [9.17, 15) is 8.42 Å². The van der Waals surface area contributed by atoms with E-state index in [0.29, 0.717) is 11.3 Å². The van der Waals surface area contributed by atoms with Crippen molar-refractivity contribution < 1.29 is 8.42 Å². The molecular weight excluding hydrogens is 412 g/mol. The van der Waals surface area contributed by atoms with Gasteiger partial charge >= 0.3 is 0 Å². The maximum atomic E-state index is 12.9. The molecule has 1 N–H and O–H groups in total. The summed E-state index contributed by atoms with van der Waals surface area (Å²) in [7, 11) is 1.79. The molecule has 4 heterocycles. The SMILES string of the molecule is Cc1cc2ccc(-c3cn(C)c4nccc(NS(=O)(=O)c5ccn(C)n5)c34)cc2n1C. The Bertz CT molecular complexity index is 1570. The highest BCUT2D eigenvalue weighted by Crippen LogP contribution is 2.36. The molecule has 0 saturated carbocycles. The molecule has 0 aliphatic carbocycles. The molecule has 0 fully saturated rings. The van der Waals surface area contributed by atoms with E-state index in [1.807, 2.05) is 24.9 Å². The summed E-state index contributed by atoms with van der Waals surface area (Å²) in [6, 6.07) is 11.6. The Morgan fingerprint density at radius 3 is 2.58 bits per heavy atom. The van der Waals surface area contributed by atoms with Crippen molar-refractivity contribution in [3.63, 3.8) is 0 Å². The van der Waals surface area contributed by atoms with Gasteiger partial charge in [0.15, 0.2) is 5.03 Å². The standard InChI is InChI=1S/C22H22N6O2S/c1-14-11-16-6-5-15(12-19(16)28(14)4)17-13-26(2)22-21(17)18(7-9-23-22)25-31(29,30)20-8-10-27(3)24-20/h5-13H,1-4H3,(H,23,25). The molecule has 8 nitrogen and oxygen atoms in total. The number of rotatable bonds is 4. The Labute approximate surface area is 179 Å². The van der Waals surface area contributed by atoms with Crippen LogP contribution in [0.1, 0.15) is 5.69 Å². The molecule has 4 aromatic heterocycles. The monoisotopic (exact) mass is 434 g/mol. The number of hydrogen-bond acceptors (Lipinski definition) is 4. The van der Waals surface area contributed by atoms with Crippen molar-refractivity contribution in [3.8, 4) is 11.1 Å². The van der Waals surface area contributed by atoms with Crippen molar-refractivity contribution in [2.45, 2.75) is 11.9 Å². The molecule has 9 heteroatoms. The lowest BCUT2D eigenvalue weighted by Gasteiger charge is -2.09. The first-order valence-corrected chi connectivity index (χ1v) is 11.3. The number of sulfonamides is 1. The normalized spacial score (nSPS) is 12.1. The fraction of sp³-hybridized carbons (Fsp3) is 0.182. The zero-order chi connectivity index (χ0) is 21.9. The number of fused-ring (bicyclic) bond motifs is 2. The van der Waals surface area contributed by atoms with Crippen molar-refractivity contribution in [3.05, 3.63) is 60.7 Å². The summed E-state index contributed by atoms with van der Waals surface area (Å²) >= 11 is 0. The maximum Gasteiger partial charge on any atom is 0.281 e. The quantitative estimate of drug-likeness (QED) is 0.468. The number of hydrogen-bond donors (Lipinski definition) is 1. The first kappa shape index (κ1) is 19.4. The van der Waals surface area contributed by atoms with Gasteiger partial charge in [0, 0.05) is 56.5 Å². The third-order valence-electron chi connectivity index (χ3n) is 5.66. The average Bonchev–Trinajstić information content (AvgIpc) is 3.39. The molecule has 5 aromatic rings. The van der Waals surface area contributed by atoms with E-state index < -0.39 is 10.0 Å². The van der Waals surface area contributed by atoms with E-state index in [-0.39, 0.29) is 5.03 Å². The molecule has 0 saturated heterocycles. The van der Waals surface area contributed by atoms with Crippen LogP contribution in [0, 0.1) is 6.92 Å². The number of anilines is 1. The fourth-order valence-corrected chi connectivity index (χ4v) is 5.02. The van der Waals surface area contributed by atoms with Crippen molar-refractivity contribution >= 4 is 37.6 Å². The van der Waals surface area contributed by atoms with Crippen LogP contribution >= 0.6 is 0 Å². The van der Waals surface area contributed by atoms with E-state index in [1.54, 1.807) is 25.5 Å². The highest BCUT2D eigenvalue weighted by atomic mass is 32.2. The Morgan fingerprint density at radius 2 is 1.84 bits per heavy atom. The van der Waals surface area contributed by atoms with Crippen LogP contribution in [-0.2, 0) is 31.2 Å². The van der Waals surface area contributed by atoms with Crippen LogP contribution in [0.25, 0.3) is 33.1 Å². The predicted octanol–water partition coefficient (Wildman–Crippen LogP) is 3.57. The highest BCUT2D eigenvalue weighted by molar-refractivity contribution is 7.92. The second kappa shape index (κ2) is 6.71. The number of benzene rings is 1. The van der Waals surface area contributed by atoms with Gasteiger partial charge in [0.25, 0.3) is 10.0 Å². The minimum Gasteiger partial charge on any atom is -0.348 e. The van der Waals surface area contributed by atoms with Gasteiger partial charge in [-0.25, -0.2) is 4.98 Å². The highest BCUT2D eigenvalue weighted by Gasteiger charge is 2.21. The number of nitrogens with zero attached hydrogens (tertiary/aromatic N) is 5. The van der Waals surface area contributed by atoms with E-state index >= 15 is 0 Å². The molecule has 0 atom stereocenters. The molecule has 0 aliphatic rings. The molecule has 31 heavy (non-hydrogen) atoms. The molecule has 0 radical (unpaired) electrons. The molecule has 0 spiro atoms. The summed E-state index contributed by atoms with van der Waals surface area (Å²) in [5, 5.41) is 5.91. The molecule has 0 aliphatic heterocycles. The molecule has 5 rings (SSSR count). The first-order valence-electron chi connectivity index (χ1n) is 9.77. The van der Waals surface area contributed by atoms with Gasteiger partial charge in [-0.2, -0.15) is 13.5 Å². The lowest BCUT2D eigenvalue weighted by molar-refractivity contribution is 0.593. The lowest BCUT2D eigenvalue weighted by atomic mass is 10.0. The van der Waals surface area contributed by atoms with Crippen molar-refractivity contribution in [1.82, 2.24) is 23.9 Å². The van der Waals surface area contributed by atoms with Crippen LogP contribution in [-0.4, -0.2) is 32.3 Å². The zero-order valence-electron chi connectivity index (χ0n) is 17.7. The third-order valence-corrected chi connectivity index (χ3v) is 6.92. The van der Waals surface area contributed by atoms with E-state index in [0.717, 1.165) is 27.4 Å². The minimum absolute atomic E-state index is 0.0295. The summed E-state index contributed by atoms with van der Waals surface area (Å²) in [5.74, 6) is 0. The van der Waals surface area contributed by atoms with Gasteiger partial charge in [-0.1, -0.05) is 12.1 Å². The van der Waals surface area contributed by atoms with Crippen LogP contribution in [0.2, 0.25) is 0 Å². The number of pyridine rings is 1. The number of nitrogens with one attached hydrogen (secondary N) is 1. The van der Waals surface area contributed by atoms with Crippen molar-refractivity contribution in [2.75, 3.05) is 4.72 Å². The Hall–Kier alpha value is -3.59. The number of aryl methyl sites for hydroxylation is 4. The molecule has 0 amide bonds. The molecule has 0 unspecified atom stereocenters. The van der Waals surface area contributed by atoms with Gasteiger partial charge in [0.2, 0.25) is 0 Å². The molecular formula is C22H22N6O2S. The van der Waals surface area contributed by atoms with Crippen LogP contribution in [0.15, 0.2) is 60.0 Å². The second-order valence-electron chi connectivity index (χ2n) is 7.76. The van der Waals surface area contributed by atoms with Crippen LogP contribution in [0.3, 0.4) is 0 Å². The largest absolute Gasteiger partial charge is 0.348 e. The Morgan fingerprint density at radius 1 is 1.03 bits per heavy atom. The Kier molecular flexibility index (Phi) is 4.19. The summed E-state index contributed by atoms with van der Waals surface area (Å²) < 4.78 is 34.1. The van der Waals surface area contributed by atoms with Crippen molar-refractivity contribution in [2.24, 2.45) is 21.1 Å². The number of aromatic nitrogens is 5. The average molecular weight is 435 g/mol. The molecule has 0 bridgehead atoms. The topological polar surface area (TPSA) is 86.7 Å². The van der Waals surface area contributed by atoms with Gasteiger partial charge in [-0.05, 0) is 42.1 Å². The second-order valence-corrected chi connectivity index (χ2v) is 9.39.